The Bertz CT molecular complexity index is 505. The van der Waals surface area contributed by atoms with Crippen molar-refractivity contribution in [2.45, 2.75) is 13.0 Å². The molecule has 16 heavy (non-hydrogen) atoms. The summed E-state index contributed by atoms with van der Waals surface area (Å²) in [6.45, 7) is 6.55. The van der Waals surface area contributed by atoms with Crippen molar-refractivity contribution in [2.75, 3.05) is 6.54 Å². The Hall–Kier alpha value is -1.20. The van der Waals surface area contributed by atoms with Crippen LogP contribution in [0, 0.1) is 0 Å². The van der Waals surface area contributed by atoms with Gasteiger partial charge in [0.25, 0.3) is 0 Å². The average Bonchev–Trinajstić information content (AvgIpc) is 2.69. The van der Waals surface area contributed by atoms with Gasteiger partial charge in [-0.25, -0.2) is 0 Å². The first-order chi connectivity index (χ1) is 7.68. The van der Waals surface area contributed by atoms with Crippen molar-refractivity contribution >= 4 is 21.6 Å². The Balaban J connectivity index is 2.22. The number of aromatic nitrogens is 3. The molecule has 2 aromatic rings. The van der Waals surface area contributed by atoms with Crippen LogP contribution < -0.4 is 5.32 Å². The minimum Gasteiger partial charge on any atom is -0.303 e. The summed E-state index contributed by atoms with van der Waals surface area (Å²) in [5, 5.41) is 11.6. The Kier molecular flexibility index (Phi) is 3.36. The molecule has 0 aliphatic rings. The number of hydrogen-bond acceptors (Lipinski definition) is 3. The smallest absolute Gasteiger partial charge is 0.160 e. The summed E-state index contributed by atoms with van der Waals surface area (Å²) in [6, 6.07) is 5.99. The number of pyridine rings is 1. The molecule has 4 nitrogen and oxygen atoms in total. The maximum atomic E-state index is 4.18. The first-order valence-electron chi connectivity index (χ1n) is 5.05. The summed E-state index contributed by atoms with van der Waals surface area (Å²) < 4.78 is 2.91. The van der Waals surface area contributed by atoms with Crippen molar-refractivity contribution in [3.05, 3.63) is 41.3 Å². The molecular formula is C11H13BrN4. The number of hydrogen-bond donors (Lipinski definition) is 1. The molecule has 0 radical (unpaired) electrons. The minimum atomic E-state index is 0.131. The van der Waals surface area contributed by atoms with E-state index in [1.807, 2.05) is 28.8 Å². The summed E-state index contributed by atoms with van der Waals surface area (Å²) in [7, 11) is 0. The Labute approximate surface area is 103 Å². The molecule has 1 N–H and O–H groups in total. The van der Waals surface area contributed by atoms with Gasteiger partial charge in [-0.1, -0.05) is 28.6 Å². The molecule has 0 fully saturated rings. The van der Waals surface area contributed by atoms with Crippen LogP contribution in [0.1, 0.15) is 18.8 Å². The molecule has 1 atom stereocenters. The fourth-order valence-corrected chi connectivity index (χ4v) is 1.67. The highest BCUT2D eigenvalue weighted by atomic mass is 79.9. The summed E-state index contributed by atoms with van der Waals surface area (Å²) in [5.41, 5.74) is 0.865. The highest BCUT2D eigenvalue weighted by Gasteiger charge is 2.11. The number of rotatable bonds is 4. The molecule has 0 saturated heterocycles. The maximum absolute atomic E-state index is 4.18. The molecule has 0 spiro atoms. The Morgan fingerprint density at radius 3 is 3.12 bits per heavy atom. The first kappa shape index (κ1) is 11.3. The third-order valence-electron chi connectivity index (χ3n) is 2.33. The van der Waals surface area contributed by atoms with E-state index in [1.165, 1.54) is 0 Å². The van der Waals surface area contributed by atoms with E-state index in [0.717, 1.165) is 16.0 Å². The van der Waals surface area contributed by atoms with Crippen LogP contribution in [0.2, 0.25) is 0 Å². The van der Waals surface area contributed by atoms with E-state index in [0.29, 0.717) is 6.54 Å². The van der Waals surface area contributed by atoms with Crippen molar-refractivity contribution in [1.82, 2.24) is 19.9 Å². The molecule has 2 rings (SSSR count). The first-order valence-corrected chi connectivity index (χ1v) is 5.84. The highest BCUT2D eigenvalue weighted by molar-refractivity contribution is 9.11. The zero-order valence-electron chi connectivity index (χ0n) is 9.02. The van der Waals surface area contributed by atoms with Crippen LogP contribution in [0.15, 0.2) is 35.5 Å². The maximum Gasteiger partial charge on any atom is 0.160 e. The standard InChI is InChI=1S/C11H13BrN4/c1-8(12)7-13-9(2)11-15-14-10-5-3-4-6-16(10)11/h3-6,9,13H,1,7H2,2H3/t9-/m0/s1. The van der Waals surface area contributed by atoms with Crippen LogP contribution in [0.5, 0.6) is 0 Å². The monoisotopic (exact) mass is 280 g/mol. The third-order valence-corrected chi connectivity index (χ3v) is 2.61. The molecule has 0 amide bonds. The predicted molar refractivity (Wildman–Crippen MR) is 67.5 cm³/mol. The molecule has 0 aliphatic heterocycles. The summed E-state index contributed by atoms with van der Waals surface area (Å²) in [6.07, 6.45) is 1.96. The van der Waals surface area contributed by atoms with Gasteiger partial charge in [0.1, 0.15) is 0 Å². The number of halogens is 1. The second kappa shape index (κ2) is 4.76. The van der Waals surface area contributed by atoms with Gasteiger partial charge in [-0.05, 0) is 19.1 Å². The van der Waals surface area contributed by atoms with Crippen LogP contribution in [0.25, 0.3) is 5.65 Å². The molecule has 0 bridgehead atoms. The van der Waals surface area contributed by atoms with Gasteiger partial charge in [-0.3, -0.25) is 4.40 Å². The molecule has 2 aromatic heterocycles. The van der Waals surface area contributed by atoms with Crippen molar-refractivity contribution < 1.29 is 0 Å². The van der Waals surface area contributed by atoms with Gasteiger partial charge < -0.3 is 5.32 Å². The summed E-state index contributed by atoms with van der Waals surface area (Å²) in [5.74, 6) is 0.907. The van der Waals surface area contributed by atoms with Crippen LogP contribution in [-0.2, 0) is 0 Å². The number of nitrogens with one attached hydrogen (secondary N) is 1. The van der Waals surface area contributed by atoms with Gasteiger partial charge in [-0.15, -0.1) is 10.2 Å². The molecule has 0 saturated carbocycles. The SMILES string of the molecule is C=C(Br)CN[C@@H](C)c1nnc2ccccn12. The van der Waals surface area contributed by atoms with Gasteiger partial charge in [0, 0.05) is 17.2 Å². The molecule has 5 heteroatoms. The predicted octanol–water partition coefficient (Wildman–Crippen LogP) is 2.29. The van der Waals surface area contributed by atoms with Crippen LogP contribution >= 0.6 is 15.9 Å². The van der Waals surface area contributed by atoms with E-state index >= 15 is 0 Å². The molecule has 84 valence electrons. The van der Waals surface area contributed by atoms with Gasteiger partial charge in [0.2, 0.25) is 0 Å². The van der Waals surface area contributed by atoms with Gasteiger partial charge >= 0.3 is 0 Å². The lowest BCUT2D eigenvalue weighted by atomic mass is 10.3. The largest absolute Gasteiger partial charge is 0.303 e. The molecule has 0 unspecified atom stereocenters. The van der Waals surface area contributed by atoms with Crippen molar-refractivity contribution in [3.63, 3.8) is 0 Å². The van der Waals surface area contributed by atoms with Gasteiger partial charge in [0.15, 0.2) is 11.5 Å². The average molecular weight is 281 g/mol. The van der Waals surface area contributed by atoms with E-state index < -0.39 is 0 Å². The van der Waals surface area contributed by atoms with Crippen molar-refractivity contribution in [2.24, 2.45) is 0 Å². The zero-order valence-corrected chi connectivity index (χ0v) is 10.6. The fourth-order valence-electron chi connectivity index (χ4n) is 1.51. The lowest BCUT2D eigenvalue weighted by Crippen LogP contribution is -2.21. The molecule has 0 aliphatic carbocycles. The van der Waals surface area contributed by atoms with E-state index in [-0.39, 0.29) is 6.04 Å². The summed E-state index contributed by atoms with van der Waals surface area (Å²) >= 11 is 3.32. The molecule has 2 heterocycles. The number of nitrogens with zero attached hydrogens (tertiary/aromatic N) is 3. The van der Waals surface area contributed by atoms with Crippen LogP contribution in [0.4, 0.5) is 0 Å². The quantitative estimate of drug-likeness (QED) is 0.935. The zero-order chi connectivity index (χ0) is 11.5. The minimum absolute atomic E-state index is 0.131. The molecular weight excluding hydrogens is 268 g/mol. The van der Waals surface area contributed by atoms with E-state index in [9.17, 15) is 0 Å². The number of fused-ring (bicyclic) bond motifs is 1. The van der Waals surface area contributed by atoms with Crippen LogP contribution in [0.3, 0.4) is 0 Å². The lowest BCUT2D eigenvalue weighted by molar-refractivity contribution is 0.575. The van der Waals surface area contributed by atoms with E-state index in [2.05, 4.69) is 44.9 Å². The Morgan fingerprint density at radius 1 is 1.56 bits per heavy atom. The normalized spacial score (nSPS) is 12.9. The van der Waals surface area contributed by atoms with Gasteiger partial charge in [-0.2, -0.15) is 0 Å². The van der Waals surface area contributed by atoms with Crippen LogP contribution in [-0.4, -0.2) is 21.1 Å². The lowest BCUT2D eigenvalue weighted by Gasteiger charge is -2.11. The molecule has 0 aromatic carbocycles. The summed E-state index contributed by atoms with van der Waals surface area (Å²) in [4.78, 5) is 0. The third kappa shape index (κ3) is 2.31. The second-order valence-electron chi connectivity index (χ2n) is 3.61. The topological polar surface area (TPSA) is 42.2 Å². The van der Waals surface area contributed by atoms with E-state index in [4.69, 9.17) is 0 Å². The van der Waals surface area contributed by atoms with Crippen molar-refractivity contribution in [1.29, 1.82) is 0 Å². The highest BCUT2D eigenvalue weighted by Crippen LogP contribution is 2.12. The Morgan fingerprint density at radius 2 is 2.38 bits per heavy atom. The second-order valence-corrected chi connectivity index (χ2v) is 4.73. The van der Waals surface area contributed by atoms with Gasteiger partial charge in [0.05, 0.1) is 6.04 Å². The van der Waals surface area contributed by atoms with E-state index in [1.54, 1.807) is 0 Å². The fraction of sp³-hybridized carbons (Fsp3) is 0.273. The van der Waals surface area contributed by atoms with Crippen molar-refractivity contribution in [3.8, 4) is 0 Å².